The van der Waals surface area contributed by atoms with Gasteiger partial charge < -0.3 is 13.4 Å². The summed E-state index contributed by atoms with van der Waals surface area (Å²) in [6.45, 7) is 29.0. The molecule has 0 spiro atoms. The highest BCUT2D eigenvalue weighted by Gasteiger charge is 2.42. The highest BCUT2D eigenvalue weighted by molar-refractivity contribution is 6.77. The molecule has 6 heteroatoms. The van der Waals surface area contributed by atoms with Crippen molar-refractivity contribution in [3.05, 3.63) is 0 Å². The Morgan fingerprint density at radius 1 is 0.731 bits per heavy atom. The molecule has 158 valence electrons. The minimum atomic E-state index is -1.56. The van der Waals surface area contributed by atoms with Crippen LogP contribution in [0.3, 0.4) is 0 Å². The van der Waals surface area contributed by atoms with E-state index in [0.717, 1.165) is 0 Å². The zero-order chi connectivity index (χ0) is 21.0. The van der Waals surface area contributed by atoms with Crippen LogP contribution in [-0.2, 0) is 8.85 Å². The van der Waals surface area contributed by atoms with Gasteiger partial charge in [0.25, 0.3) is 0 Å². The van der Waals surface area contributed by atoms with Crippen molar-refractivity contribution in [3.63, 3.8) is 0 Å². The van der Waals surface area contributed by atoms with Crippen LogP contribution in [0.2, 0.25) is 55.4 Å². The second-order valence-corrected chi connectivity index (χ2v) is 25.2. The van der Waals surface area contributed by atoms with Gasteiger partial charge in [-0.3, -0.25) is 0 Å². The number of hydrogen-bond donors (Lipinski definition) is 0. The first-order valence-corrected chi connectivity index (χ1v) is 19.3. The van der Waals surface area contributed by atoms with Crippen LogP contribution in [0.25, 0.3) is 0 Å². The summed E-state index contributed by atoms with van der Waals surface area (Å²) in [6.07, 6.45) is 2.50. The van der Waals surface area contributed by atoms with Crippen molar-refractivity contribution in [3.8, 4) is 0 Å². The molecular formula is C20H49NO2Si3. The molecular weight excluding hydrogens is 370 g/mol. The summed E-state index contributed by atoms with van der Waals surface area (Å²) in [7, 11) is -0.846. The minimum absolute atomic E-state index is 0.377. The molecule has 0 heterocycles. The van der Waals surface area contributed by atoms with Gasteiger partial charge >= 0.3 is 0 Å². The number of rotatable bonds is 11. The Morgan fingerprint density at radius 3 is 1.27 bits per heavy atom. The van der Waals surface area contributed by atoms with Crippen LogP contribution in [0.4, 0.5) is 0 Å². The minimum Gasteiger partial charge on any atom is -0.420 e. The molecule has 2 unspecified atom stereocenters. The SMILES string of the molecule is CO[Si](C)(C)C(C)CCN(CCC(C)[Si](C)(C)OC)[Si](C)(C)C(C)(C)C. The molecule has 0 fully saturated rings. The Hall–Kier alpha value is 0.531. The van der Waals surface area contributed by atoms with Gasteiger partial charge in [0.1, 0.15) is 8.24 Å². The third-order valence-electron chi connectivity index (χ3n) is 7.72. The molecule has 0 aliphatic rings. The monoisotopic (exact) mass is 419 g/mol. The third kappa shape index (κ3) is 7.17. The molecule has 26 heavy (non-hydrogen) atoms. The molecule has 0 bridgehead atoms. The van der Waals surface area contributed by atoms with Gasteiger partial charge in [0.05, 0.1) is 0 Å². The molecule has 0 aliphatic carbocycles. The smallest absolute Gasteiger partial charge is 0.189 e. The fourth-order valence-electron chi connectivity index (χ4n) is 2.94. The fourth-order valence-corrected chi connectivity index (χ4v) is 7.72. The van der Waals surface area contributed by atoms with Crippen LogP contribution >= 0.6 is 0 Å². The van der Waals surface area contributed by atoms with Gasteiger partial charge in [0.15, 0.2) is 16.6 Å². The zero-order valence-electron chi connectivity index (χ0n) is 20.2. The van der Waals surface area contributed by atoms with Gasteiger partial charge in [-0.05, 0) is 68.2 Å². The maximum Gasteiger partial charge on any atom is 0.189 e. The molecule has 0 amide bonds. The molecule has 0 saturated carbocycles. The first kappa shape index (κ1) is 26.5. The average molecular weight is 420 g/mol. The van der Waals surface area contributed by atoms with E-state index in [1.807, 2.05) is 14.2 Å². The molecule has 0 aromatic rings. The van der Waals surface area contributed by atoms with Crippen LogP contribution < -0.4 is 0 Å². The van der Waals surface area contributed by atoms with E-state index < -0.39 is 24.9 Å². The van der Waals surface area contributed by atoms with Gasteiger partial charge in [-0.2, -0.15) is 0 Å². The van der Waals surface area contributed by atoms with Gasteiger partial charge in [-0.1, -0.05) is 47.7 Å². The van der Waals surface area contributed by atoms with Crippen molar-refractivity contribution in [1.82, 2.24) is 4.57 Å². The van der Waals surface area contributed by atoms with E-state index in [4.69, 9.17) is 8.85 Å². The molecule has 0 saturated heterocycles. The lowest BCUT2D eigenvalue weighted by Crippen LogP contribution is -2.56. The Labute approximate surface area is 168 Å². The first-order valence-electron chi connectivity index (χ1n) is 10.4. The van der Waals surface area contributed by atoms with Crippen molar-refractivity contribution in [2.75, 3.05) is 27.3 Å². The number of nitrogens with zero attached hydrogens (tertiary/aromatic N) is 1. The first-order chi connectivity index (χ1) is 11.5. The highest BCUT2D eigenvalue weighted by atomic mass is 28.4. The number of hydrogen-bond acceptors (Lipinski definition) is 3. The van der Waals surface area contributed by atoms with E-state index in [9.17, 15) is 0 Å². The van der Waals surface area contributed by atoms with Crippen molar-refractivity contribution < 1.29 is 8.85 Å². The van der Waals surface area contributed by atoms with Crippen LogP contribution in [0, 0.1) is 0 Å². The lowest BCUT2D eigenvalue weighted by Gasteiger charge is -2.47. The van der Waals surface area contributed by atoms with E-state index in [1.165, 1.54) is 25.9 Å². The predicted molar refractivity (Wildman–Crippen MR) is 126 cm³/mol. The maximum atomic E-state index is 5.86. The molecule has 0 rings (SSSR count). The highest BCUT2D eigenvalue weighted by Crippen LogP contribution is 2.40. The van der Waals surface area contributed by atoms with E-state index in [0.29, 0.717) is 16.1 Å². The van der Waals surface area contributed by atoms with E-state index in [2.05, 4.69) is 78.5 Å². The van der Waals surface area contributed by atoms with Gasteiger partial charge in [-0.15, -0.1) is 0 Å². The lowest BCUT2D eigenvalue weighted by atomic mass is 10.2. The van der Waals surface area contributed by atoms with Crippen molar-refractivity contribution in [2.24, 2.45) is 0 Å². The summed E-state index contributed by atoms with van der Waals surface area (Å²) in [5.41, 5.74) is 1.36. The summed E-state index contributed by atoms with van der Waals surface area (Å²) in [5.74, 6) is 0. The van der Waals surface area contributed by atoms with Gasteiger partial charge in [0.2, 0.25) is 0 Å². The molecule has 0 aromatic heterocycles. The molecule has 0 aromatic carbocycles. The van der Waals surface area contributed by atoms with Crippen LogP contribution in [0.15, 0.2) is 0 Å². The fraction of sp³-hybridized carbons (Fsp3) is 1.00. The Kier molecular flexibility index (Phi) is 10.0. The quantitative estimate of drug-likeness (QED) is 0.354. The van der Waals surface area contributed by atoms with Crippen LogP contribution in [-0.4, -0.2) is 56.7 Å². The molecule has 0 N–H and O–H groups in total. The van der Waals surface area contributed by atoms with Crippen molar-refractivity contribution in [2.45, 2.75) is 103 Å². The Bertz CT molecular complexity index is 394. The summed E-state index contributed by atoms with van der Waals surface area (Å²) in [5, 5.41) is 0.377. The topological polar surface area (TPSA) is 21.7 Å². The normalized spacial score (nSPS) is 16.8. The van der Waals surface area contributed by atoms with E-state index >= 15 is 0 Å². The molecule has 0 aliphatic heterocycles. The largest absolute Gasteiger partial charge is 0.420 e. The Balaban J connectivity index is 5.22. The summed E-state index contributed by atoms with van der Waals surface area (Å²) >= 11 is 0. The third-order valence-corrected chi connectivity index (χ3v) is 20.8. The Morgan fingerprint density at radius 2 is 1.04 bits per heavy atom. The van der Waals surface area contributed by atoms with Crippen LogP contribution in [0.1, 0.15) is 47.5 Å². The van der Waals surface area contributed by atoms with Crippen molar-refractivity contribution in [1.29, 1.82) is 0 Å². The standard InChI is InChI=1S/C20H49NO2Si3/c1-18(24(8,9)22-6)14-16-21(26(12,13)20(3,4)5)17-15-19(2)25(10,11)23-7/h18-19H,14-17H2,1-13H3. The van der Waals surface area contributed by atoms with E-state index in [1.54, 1.807) is 0 Å². The van der Waals surface area contributed by atoms with Crippen molar-refractivity contribution >= 4 is 24.9 Å². The predicted octanol–water partition coefficient (Wildman–Crippen LogP) is 6.56. The molecule has 2 atom stereocenters. The van der Waals surface area contributed by atoms with Gasteiger partial charge in [0, 0.05) is 14.2 Å². The van der Waals surface area contributed by atoms with E-state index in [-0.39, 0.29) is 0 Å². The summed E-state index contributed by atoms with van der Waals surface area (Å²) in [4.78, 5) is 0. The zero-order valence-corrected chi connectivity index (χ0v) is 23.2. The molecule has 3 nitrogen and oxygen atoms in total. The summed E-state index contributed by atoms with van der Waals surface area (Å²) in [6, 6.07) is 0. The second-order valence-electron chi connectivity index (χ2n) is 10.8. The second kappa shape index (κ2) is 9.83. The van der Waals surface area contributed by atoms with Gasteiger partial charge in [-0.25, -0.2) is 0 Å². The lowest BCUT2D eigenvalue weighted by molar-refractivity contribution is 0.346. The summed E-state index contributed by atoms with van der Waals surface area (Å²) < 4.78 is 14.6. The van der Waals surface area contributed by atoms with Crippen LogP contribution in [0.5, 0.6) is 0 Å². The maximum absolute atomic E-state index is 5.86. The average Bonchev–Trinajstić information content (AvgIpc) is 2.52. The molecule has 0 radical (unpaired) electrons.